The highest BCUT2D eigenvalue weighted by Gasteiger charge is 2.07. The monoisotopic (exact) mass is 562 g/mol. The summed E-state index contributed by atoms with van der Waals surface area (Å²) in [5.41, 5.74) is 7.09. The normalized spacial score (nSPS) is 10.4. The average Bonchev–Trinajstić information content (AvgIpc) is 3.49. The molecule has 6 rings (SSSR count). The second-order valence-corrected chi connectivity index (χ2v) is 8.17. The molecule has 0 aliphatic carbocycles. The first kappa shape index (κ1) is 25.9. The molecule has 0 amide bonds. The number of benzene rings is 2. The molecular formula is C22H15Cl3F2N10. The van der Waals surface area contributed by atoms with Crippen molar-refractivity contribution in [1.29, 1.82) is 0 Å². The van der Waals surface area contributed by atoms with Crippen molar-refractivity contribution in [2.45, 2.75) is 0 Å². The van der Waals surface area contributed by atoms with Crippen molar-refractivity contribution in [3.8, 4) is 0 Å². The van der Waals surface area contributed by atoms with E-state index in [9.17, 15) is 8.78 Å². The van der Waals surface area contributed by atoms with Crippen molar-refractivity contribution in [1.82, 2.24) is 40.3 Å². The van der Waals surface area contributed by atoms with Crippen LogP contribution in [0.5, 0.6) is 0 Å². The van der Waals surface area contributed by atoms with Crippen LogP contribution in [0.1, 0.15) is 0 Å². The second-order valence-electron chi connectivity index (χ2n) is 7.10. The number of halogens is 5. The highest BCUT2D eigenvalue weighted by molar-refractivity contribution is 6.31. The topological polar surface area (TPSA) is 147 Å². The average molecular weight is 564 g/mol. The molecule has 5 N–H and O–H groups in total. The zero-order chi connectivity index (χ0) is 26.4. The van der Waals surface area contributed by atoms with Gasteiger partial charge in [-0.15, -0.1) is 0 Å². The molecule has 6 aromatic rings. The zero-order valence-corrected chi connectivity index (χ0v) is 20.7. The third-order valence-electron chi connectivity index (χ3n) is 4.57. The third kappa shape index (κ3) is 6.97. The summed E-state index contributed by atoms with van der Waals surface area (Å²) >= 11 is 16.4. The second kappa shape index (κ2) is 11.7. The number of nitrogens with zero attached hydrogens (tertiary/aromatic N) is 6. The van der Waals surface area contributed by atoms with E-state index < -0.39 is 11.6 Å². The fourth-order valence-corrected chi connectivity index (χ4v) is 3.37. The summed E-state index contributed by atoms with van der Waals surface area (Å²) in [5.74, 6) is -0.389. The van der Waals surface area contributed by atoms with Crippen molar-refractivity contribution in [2.75, 3.05) is 11.1 Å². The molecule has 15 heteroatoms. The Bertz CT molecular complexity index is 1600. The minimum absolute atomic E-state index is 0.102. The first-order valence-electron chi connectivity index (χ1n) is 10.2. The van der Waals surface area contributed by atoms with E-state index >= 15 is 0 Å². The molecule has 4 aromatic heterocycles. The lowest BCUT2D eigenvalue weighted by atomic mass is 10.2. The van der Waals surface area contributed by atoms with Crippen LogP contribution in [-0.2, 0) is 0 Å². The van der Waals surface area contributed by atoms with Crippen molar-refractivity contribution in [3.63, 3.8) is 0 Å². The molecule has 0 aliphatic heterocycles. The van der Waals surface area contributed by atoms with Gasteiger partial charge in [-0.25, -0.2) is 28.7 Å². The smallest absolute Gasteiger partial charge is 0.224 e. The Morgan fingerprint density at radius 1 is 0.757 bits per heavy atom. The van der Waals surface area contributed by atoms with Crippen LogP contribution in [0.4, 0.5) is 26.0 Å². The summed E-state index contributed by atoms with van der Waals surface area (Å²) < 4.78 is 26.6. The summed E-state index contributed by atoms with van der Waals surface area (Å²) in [5, 5.41) is 18.0. The number of hydrogen-bond donors (Lipinski definition) is 4. The molecule has 0 spiro atoms. The molecule has 0 aliphatic rings. The number of fused-ring (bicyclic) bond motifs is 2. The maximum absolute atomic E-state index is 13.8. The maximum atomic E-state index is 13.8. The van der Waals surface area contributed by atoms with Crippen LogP contribution in [0, 0.1) is 11.6 Å². The molecule has 0 atom stereocenters. The summed E-state index contributed by atoms with van der Waals surface area (Å²) in [6.45, 7) is 0. The van der Waals surface area contributed by atoms with Gasteiger partial charge in [0.2, 0.25) is 10.6 Å². The van der Waals surface area contributed by atoms with Gasteiger partial charge in [0.05, 0.1) is 34.8 Å². The Kier molecular flexibility index (Phi) is 8.23. The first-order chi connectivity index (χ1) is 17.8. The molecule has 0 saturated carbocycles. The maximum Gasteiger partial charge on any atom is 0.224 e. The Morgan fingerprint density at radius 2 is 1.35 bits per heavy atom. The molecule has 10 nitrogen and oxygen atoms in total. The molecule has 0 bridgehead atoms. The van der Waals surface area contributed by atoms with Crippen molar-refractivity contribution >= 4 is 73.8 Å². The lowest BCUT2D eigenvalue weighted by Crippen LogP contribution is -1.97. The third-order valence-corrected chi connectivity index (χ3v) is 5.14. The number of nitrogen functional groups attached to an aromatic ring is 1. The molecular weight excluding hydrogens is 549 g/mol. The Labute approximate surface area is 222 Å². The van der Waals surface area contributed by atoms with Crippen LogP contribution in [0.15, 0.2) is 61.2 Å². The molecule has 188 valence electrons. The molecule has 37 heavy (non-hydrogen) atoms. The van der Waals surface area contributed by atoms with Crippen molar-refractivity contribution in [2.24, 2.45) is 0 Å². The summed E-state index contributed by atoms with van der Waals surface area (Å²) in [6.07, 6.45) is 6.21. The predicted octanol–water partition coefficient (Wildman–Crippen LogP) is 5.96. The molecule has 0 saturated heterocycles. The minimum Gasteiger partial charge on any atom is -0.396 e. The number of nitrogens with one attached hydrogen (secondary N) is 3. The summed E-state index contributed by atoms with van der Waals surface area (Å²) in [7, 11) is 0. The van der Waals surface area contributed by atoms with Gasteiger partial charge in [0.1, 0.15) is 22.6 Å². The molecule has 0 unspecified atom stereocenters. The van der Waals surface area contributed by atoms with Crippen LogP contribution in [0.2, 0.25) is 15.7 Å². The van der Waals surface area contributed by atoms with Crippen molar-refractivity contribution in [3.05, 3.63) is 88.5 Å². The standard InChI is InChI=1S/C11H7ClFN5.C7H6FN3.C4H2Cl2N2/c12-11-14-2-1-10(17-11)16-9-3-6-5-15-18-8(6)4-7(9)13;8-5-2-7-4(1-6(5)9)3-10-11-7;5-3-1-2-7-4(6)8-3/h1-5H,(H,15,18)(H,14,16,17);1-3H,9H2,(H,10,11);1-2H. The lowest BCUT2D eigenvalue weighted by Gasteiger charge is -2.06. The van der Waals surface area contributed by atoms with E-state index in [1.807, 2.05) is 0 Å². The van der Waals surface area contributed by atoms with Crippen LogP contribution in [-0.4, -0.2) is 40.3 Å². The van der Waals surface area contributed by atoms with Gasteiger partial charge >= 0.3 is 0 Å². The van der Waals surface area contributed by atoms with Crippen LogP contribution >= 0.6 is 34.8 Å². The molecule has 0 radical (unpaired) electrons. The van der Waals surface area contributed by atoms with E-state index in [2.05, 4.69) is 45.6 Å². The Hall–Kier alpha value is -4.13. The quantitative estimate of drug-likeness (QED) is 0.115. The highest BCUT2D eigenvalue weighted by Crippen LogP contribution is 2.24. The van der Waals surface area contributed by atoms with E-state index in [1.54, 1.807) is 36.7 Å². The fraction of sp³-hybridized carbons (Fsp3) is 0. The van der Waals surface area contributed by atoms with Crippen LogP contribution in [0.25, 0.3) is 21.8 Å². The van der Waals surface area contributed by atoms with E-state index in [-0.39, 0.29) is 16.3 Å². The summed E-state index contributed by atoms with van der Waals surface area (Å²) in [4.78, 5) is 14.9. The number of aromatic nitrogens is 8. The van der Waals surface area contributed by atoms with Gasteiger partial charge in [0.25, 0.3) is 0 Å². The number of nitrogens with two attached hydrogens (primary N) is 1. The zero-order valence-electron chi connectivity index (χ0n) is 18.4. The molecule has 2 aromatic carbocycles. The number of anilines is 3. The fourth-order valence-electron chi connectivity index (χ4n) is 2.90. The van der Waals surface area contributed by atoms with Gasteiger partial charge in [-0.05, 0) is 47.5 Å². The number of H-pyrrole nitrogens is 2. The van der Waals surface area contributed by atoms with E-state index in [1.165, 1.54) is 24.5 Å². The van der Waals surface area contributed by atoms with Gasteiger partial charge < -0.3 is 11.1 Å². The van der Waals surface area contributed by atoms with Crippen molar-refractivity contribution < 1.29 is 8.78 Å². The first-order valence-corrected chi connectivity index (χ1v) is 11.3. The Morgan fingerprint density at radius 3 is 1.95 bits per heavy atom. The predicted molar refractivity (Wildman–Crippen MR) is 139 cm³/mol. The highest BCUT2D eigenvalue weighted by atomic mass is 35.5. The Balaban J connectivity index is 0.000000143. The van der Waals surface area contributed by atoms with Gasteiger partial charge in [0.15, 0.2) is 0 Å². The van der Waals surface area contributed by atoms with Gasteiger partial charge in [0, 0.05) is 35.3 Å². The molecule has 4 heterocycles. The number of rotatable bonds is 2. The van der Waals surface area contributed by atoms with Gasteiger partial charge in [-0.1, -0.05) is 11.6 Å². The summed E-state index contributed by atoms with van der Waals surface area (Å²) in [6, 6.07) is 9.06. The minimum atomic E-state index is -0.415. The van der Waals surface area contributed by atoms with Crippen LogP contribution < -0.4 is 11.1 Å². The van der Waals surface area contributed by atoms with Gasteiger partial charge in [-0.2, -0.15) is 10.2 Å². The van der Waals surface area contributed by atoms with E-state index in [4.69, 9.17) is 40.5 Å². The largest absolute Gasteiger partial charge is 0.396 e. The van der Waals surface area contributed by atoms with E-state index in [0.717, 1.165) is 10.8 Å². The van der Waals surface area contributed by atoms with Gasteiger partial charge in [-0.3, -0.25) is 10.2 Å². The number of hydrogen-bond acceptors (Lipinski definition) is 8. The van der Waals surface area contributed by atoms with Crippen LogP contribution in [0.3, 0.4) is 0 Å². The number of aromatic amines is 2. The van der Waals surface area contributed by atoms with E-state index in [0.29, 0.717) is 27.7 Å². The SMILES string of the molecule is Clc1ccnc(Cl)n1.Fc1cc2[nH]ncc2cc1Nc1ccnc(Cl)n1.Nc1cc2cn[nH]c2cc1F. The lowest BCUT2D eigenvalue weighted by molar-refractivity contribution is 0.633. The molecule has 0 fully saturated rings.